The number of carboxylic acid groups (broad SMARTS) is 1. The number of nitrogens with zero attached hydrogens (tertiary/aromatic N) is 8. The third-order valence-electron chi connectivity index (χ3n) is 19.2. The third-order valence-corrected chi connectivity index (χ3v) is 20.2. The number of nitrogens with two attached hydrogens (primary N) is 1. The minimum absolute atomic E-state index is 0. The van der Waals surface area contributed by atoms with Crippen LogP contribution in [-0.2, 0) is 19.0 Å². The fraction of sp³-hybridized carbons (Fsp3) is 0.378. The SMILES string of the molecule is BrC1CCCC1.CCO.CCOC(=O)/C(=C\N(C)C)C(=O)c1ccc(C)cc1.CCOC(=O)c1cn(C2CCCC2)nc1-c1ccc(C)cc1.CCOC(=O)c1cn[nH]c1-c1ccc(C)cc1.Cc1ccc(-c2nn(C3CCCC3)cc2C(=O)O)cc1.N=N.NC(=O)c1cn(C2CCCC2)nc1-c1ccc(Oc2ccccc2)cc1.O.O.[HH].[Li+].[OH-]. The number of H-pyrrole nitrogens is 1. The van der Waals surface area contributed by atoms with Gasteiger partial charge in [-0.1, -0.05) is 205 Å². The van der Waals surface area contributed by atoms with Gasteiger partial charge in [0.2, 0.25) is 5.78 Å². The molecule has 4 heterocycles. The molecule has 0 aliphatic heterocycles. The number of para-hydroxylation sites is 1. The van der Waals surface area contributed by atoms with Crippen LogP contribution in [0.4, 0.5) is 0 Å². The van der Waals surface area contributed by atoms with Crippen LogP contribution in [0.15, 0.2) is 188 Å². The van der Waals surface area contributed by atoms with Crippen molar-refractivity contribution in [3.63, 3.8) is 0 Å². The zero-order valence-electron chi connectivity index (χ0n) is 70.2. The Bertz CT molecular complexity index is 4710. The van der Waals surface area contributed by atoms with Gasteiger partial charge in [-0.05, 0) is 143 Å². The minimum Gasteiger partial charge on any atom is -0.870 e. The maximum absolute atomic E-state index is 12.3. The number of carboxylic acids is 1. The molecule has 0 unspecified atom stereocenters. The Balaban J connectivity index is 0.000000490. The van der Waals surface area contributed by atoms with E-state index in [2.05, 4.69) is 36.3 Å². The number of aryl methyl sites for hydroxylation is 4. The summed E-state index contributed by atoms with van der Waals surface area (Å²) in [5, 5.41) is 37.6. The summed E-state index contributed by atoms with van der Waals surface area (Å²) >= 11 is 3.54. The van der Waals surface area contributed by atoms with E-state index in [-0.39, 0.29) is 73.2 Å². The van der Waals surface area contributed by atoms with Gasteiger partial charge < -0.3 is 56.2 Å². The number of benzene rings is 6. The van der Waals surface area contributed by atoms with Crippen molar-refractivity contribution in [1.82, 2.24) is 44.4 Å². The van der Waals surface area contributed by atoms with Crippen molar-refractivity contribution in [2.75, 3.05) is 40.5 Å². The first kappa shape index (κ1) is 102. The maximum atomic E-state index is 12.3. The molecule has 27 nitrogen and oxygen atoms in total. The molecule has 4 aliphatic rings. The molecule has 29 heteroatoms. The Hall–Kier alpha value is -11.0. The number of nitrogens with one attached hydrogen (secondary N) is 3. The number of amides is 1. The van der Waals surface area contributed by atoms with E-state index < -0.39 is 17.8 Å². The van der Waals surface area contributed by atoms with E-state index in [1.807, 2.05) is 194 Å². The van der Waals surface area contributed by atoms with Crippen LogP contribution in [0.1, 0.15) is 224 Å². The van der Waals surface area contributed by atoms with Crippen molar-refractivity contribution in [3.8, 4) is 56.5 Å². The van der Waals surface area contributed by atoms with Gasteiger partial charge in [0.1, 0.15) is 50.8 Å². The van der Waals surface area contributed by atoms with Crippen molar-refractivity contribution in [1.29, 1.82) is 11.1 Å². The van der Waals surface area contributed by atoms with Gasteiger partial charge in [0.15, 0.2) is 0 Å². The molecule has 12 N–H and O–H groups in total. The summed E-state index contributed by atoms with van der Waals surface area (Å²) in [5.41, 5.74) is 28.7. The fourth-order valence-corrected chi connectivity index (χ4v) is 14.0. The normalized spacial score (nSPS) is 13.3. The first-order valence-electron chi connectivity index (χ1n) is 39.4. The van der Waals surface area contributed by atoms with E-state index in [1.54, 1.807) is 64.3 Å². The molecule has 0 atom stereocenters. The summed E-state index contributed by atoms with van der Waals surface area (Å²) in [7, 11) is 3.50. The van der Waals surface area contributed by atoms with Gasteiger partial charge in [0.25, 0.3) is 5.91 Å². The number of hydrogen-bond acceptors (Lipinski definition) is 19. The van der Waals surface area contributed by atoms with Crippen LogP contribution >= 0.6 is 15.9 Å². The number of ether oxygens (including phenoxy) is 4. The van der Waals surface area contributed by atoms with Crippen LogP contribution in [0.5, 0.6) is 11.5 Å². The molecule has 0 spiro atoms. The number of ketones is 1. The molecule has 14 rings (SSSR count). The molecule has 119 heavy (non-hydrogen) atoms. The second-order valence-corrected chi connectivity index (χ2v) is 29.7. The van der Waals surface area contributed by atoms with Crippen LogP contribution in [0.2, 0.25) is 0 Å². The summed E-state index contributed by atoms with van der Waals surface area (Å²) < 4.78 is 26.6. The quantitative estimate of drug-likeness (QED) is 0.00475. The van der Waals surface area contributed by atoms with Crippen LogP contribution in [0.3, 0.4) is 0 Å². The smallest absolute Gasteiger partial charge is 0.870 e. The molecule has 4 fully saturated rings. The predicted octanol–water partition coefficient (Wildman–Crippen LogP) is 15.5. The van der Waals surface area contributed by atoms with E-state index in [4.69, 9.17) is 45.9 Å². The monoisotopic (exact) mass is 1690 g/mol. The van der Waals surface area contributed by atoms with Gasteiger partial charge in [0, 0.05) is 79.6 Å². The Morgan fingerprint density at radius 2 is 0.866 bits per heavy atom. The molecule has 4 aromatic heterocycles. The molecular weight excluding hydrogens is 1580 g/mol. The molecule has 0 saturated heterocycles. The van der Waals surface area contributed by atoms with Crippen molar-refractivity contribution in [2.45, 2.75) is 181 Å². The van der Waals surface area contributed by atoms with Gasteiger partial charge >= 0.3 is 42.7 Å². The number of primary amides is 1. The van der Waals surface area contributed by atoms with Crippen molar-refractivity contribution in [3.05, 3.63) is 238 Å². The van der Waals surface area contributed by atoms with Crippen LogP contribution in [0, 0.1) is 38.8 Å². The molecule has 0 radical (unpaired) electrons. The Morgan fingerprint density at radius 1 is 0.521 bits per heavy atom. The summed E-state index contributed by atoms with van der Waals surface area (Å²) in [6, 6.07) is 49.2. The molecule has 4 aliphatic carbocycles. The minimum atomic E-state index is -0.912. The van der Waals surface area contributed by atoms with E-state index in [0.717, 1.165) is 93.9 Å². The van der Waals surface area contributed by atoms with Crippen LogP contribution in [-0.4, -0.2) is 152 Å². The molecule has 0 bridgehead atoms. The number of aliphatic hydroxyl groups is 1. The first-order chi connectivity index (χ1) is 55.5. The fourth-order valence-electron chi connectivity index (χ4n) is 13.3. The van der Waals surface area contributed by atoms with E-state index in [9.17, 15) is 33.9 Å². The number of carbonyl (C=O) groups is 6. The number of aliphatic hydroxyl groups excluding tert-OH is 1. The average molecular weight is 1690 g/mol. The third kappa shape index (κ3) is 31.4. The predicted molar refractivity (Wildman–Crippen MR) is 462 cm³/mol. The zero-order chi connectivity index (χ0) is 83.3. The number of halogens is 1. The van der Waals surface area contributed by atoms with Gasteiger partial charge in [-0.15, -0.1) is 0 Å². The zero-order valence-corrected chi connectivity index (χ0v) is 71.8. The summed E-state index contributed by atoms with van der Waals surface area (Å²) in [4.78, 5) is 73.9. The van der Waals surface area contributed by atoms with E-state index >= 15 is 0 Å². The summed E-state index contributed by atoms with van der Waals surface area (Å²) in [5.74, 6) is -1.41. The molecular formula is C90H118BrLiN12O15. The molecule has 6 aromatic carbocycles. The number of aromatic nitrogens is 8. The molecule has 1 amide bonds. The number of esters is 3. The molecule has 4 saturated carbocycles. The maximum Gasteiger partial charge on any atom is 1.00 e. The average Bonchev–Trinajstić information content (AvgIpc) is 1.66. The largest absolute Gasteiger partial charge is 1.00 e. The Kier molecular flexibility index (Phi) is 45.9. The van der Waals surface area contributed by atoms with Crippen LogP contribution < -0.4 is 29.3 Å². The van der Waals surface area contributed by atoms with Gasteiger partial charge in [0.05, 0.1) is 55.4 Å². The summed E-state index contributed by atoms with van der Waals surface area (Å²) in [6.07, 6.45) is 28.0. The topological polar surface area (TPSA) is 432 Å². The van der Waals surface area contributed by atoms with Crippen molar-refractivity contribution >= 4 is 51.5 Å². The molecule has 636 valence electrons. The number of hydrogen-bond donors (Lipinski definition) is 6. The van der Waals surface area contributed by atoms with Gasteiger partial charge in [-0.3, -0.25) is 28.7 Å². The van der Waals surface area contributed by atoms with Crippen LogP contribution in [0.25, 0.3) is 45.0 Å². The van der Waals surface area contributed by atoms with Gasteiger partial charge in [-0.25, -0.2) is 30.2 Å². The molecule has 10 aromatic rings. The van der Waals surface area contributed by atoms with Gasteiger partial charge in [-0.2, -0.15) is 20.4 Å². The first-order valence-corrected chi connectivity index (χ1v) is 40.3. The van der Waals surface area contributed by atoms with E-state index in [0.29, 0.717) is 76.2 Å². The second-order valence-electron chi connectivity index (χ2n) is 28.4. The number of carbonyl (C=O) groups excluding carboxylic acids is 5. The number of rotatable bonds is 20. The Morgan fingerprint density at radius 3 is 1.24 bits per heavy atom. The standard InChI is InChI=1S/C21H21N3O2.C18H22N2O2.C16H18N2O2.C15H19NO3.C13H14N2O2.C5H9Br.C2H6O.Li.H2N2.3H2O.H2/c22-21(25)19-14-24(16-6-4-5-7-16)23-20(19)15-10-12-18(13-11-15)26-17-8-2-1-3-9-17;1-3-22-18(21)16-12-20(15-6-4-5-7-15)19-17(16)14-10-8-13(2)9-11-14;1-11-6-8-12(9-7-11)15-14(16(19)20)10-18(17-15)13-4-2-3-5-13;1-5-19-15(18)13(10-16(3)4)14(17)12-8-6-11(2)7-9-12;1-3-17-13(16)11-8-14-15-12(11)10-6-4-9(2)5-7-10;6-5-3-1-2-4-5;1-2-3;;1-2;;;;/h1-3,8-14,16H,4-7H2,(H2,22,25);8-12,15H,3-7H2,1-2H3;6-10,13H,2-5H2,1H3,(H,19,20);6-10H,5H2,1-4H3;4-8H,3H2,1-2H3,(H,14,15);5H,1-4H2;3H,2H2,1H3;;1-2H;3*1H2;1H/q;;;;;;;+1;;;;;/p-1/b;;;13-10-;;;;;;;;;. The Labute approximate surface area is 719 Å². The van der Waals surface area contributed by atoms with Crippen molar-refractivity contribution < 1.29 is 94.6 Å². The number of Topliss-reactive ketones (excluding diaryl/α,β-unsaturated/α-hetero) is 1. The number of alkyl halides is 1. The second kappa shape index (κ2) is 53.5. The number of aromatic amines is 1. The summed E-state index contributed by atoms with van der Waals surface area (Å²) in [6.45, 7) is 16.2. The number of aromatic carboxylic acids is 1. The van der Waals surface area contributed by atoms with E-state index in [1.165, 1.54) is 87.7 Å². The van der Waals surface area contributed by atoms with Crippen molar-refractivity contribution in [2.24, 2.45) is 5.73 Å².